The third-order valence-electron chi connectivity index (χ3n) is 7.09. The highest BCUT2D eigenvalue weighted by atomic mass is 29.4. The fourth-order valence-electron chi connectivity index (χ4n) is 4.83. The van der Waals surface area contributed by atoms with Crippen LogP contribution in [0.1, 0.15) is 27.8 Å². The van der Waals surface area contributed by atoms with E-state index >= 15 is 0 Å². The van der Waals surface area contributed by atoms with Gasteiger partial charge in [-0.25, -0.2) is 0 Å². The first-order chi connectivity index (χ1) is 16.5. The van der Waals surface area contributed by atoms with E-state index in [0.717, 1.165) is 5.76 Å². The second-order valence-electron chi connectivity index (χ2n) is 9.09. The molecule has 0 saturated carbocycles. The lowest BCUT2D eigenvalue weighted by molar-refractivity contribution is 0.553. The molecule has 1 aliphatic rings. The minimum absolute atomic E-state index is 0.972. The minimum Gasteiger partial charge on any atom is -0.542 e. The Balaban J connectivity index is 1.86. The number of hydrogen-bond acceptors (Lipinski definition) is 1. The molecule has 1 atom stereocenters. The Morgan fingerprint density at radius 2 is 1.24 bits per heavy atom. The van der Waals surface area contributed by atoms with E-state index in [-0.39, 0.29) is 0 Å². The molecule has 1 nitrogen and oxygen atoms in total. The highest BCUT2D eigenvalue weighted by Crippen LogP contribution is 2.22. The fraction of sp³-hybridized carbons (Fsp3) is 0.133. The summed E-state index contributed by atoms with van der Waals surface area (Å²) < 4.78 is 7.07. The van der Waals surface area contributed by atoms with Crippen molar-refractivity contribution >= 4 is 45.2 Å². The van der Waals surface area contributed by atoms with Crippen LogP contribution in [-0.2, 0) is 4.43 Å². The van der Waals surface area contributed by atoms with Gasteiger partial charge in [-0.15, -0.1) is 0 Å². The maximum absolute atomic E-state index is 7.07. The third-order valence-corrected chi connectivity index (χ3v) is 25.2. The molecule has 34 heavy (non-hydrogen) atoms. The number of benzene rings is 4. The van der Waals surface area contributed by atoms with Gasteiger partial charge in [0.05, 0.1) is 15.3 Å². The average Bonchev–Trinajstić information content (AvgIpc) is 2.90. The quantitative estimate of drug-likeness (QED) is 0.385. The predicted molar refractivity (Wildman–Crippen MR) is 151 cm³/mol. The summed E-state index contributed by atoms with van der Waals surface area (Å²) >= 11 is 0. The van der Waals surface area contributed by atoms with Crippen molar-refractivity contribution in [2.45, 2.75) is 27.7 Å². The smallest absolute Gasteiger partial charge is 0.270 e. The van der Waals surface area contributed by atoms with Gasteiger partial charge >= 0.3 is 0 Å². The van der Waals surface area contributed by atoms with Crippen LogP contribution in [-0.4, -0.2) is 23.9 Å². The molecular weight excluding hydrogens is 461 g/mol. The molecule has 0 fully saturated rings. The Hall–Kier alpha value is -2.93. The van der Waals surface area contributed by atoms with Gasteiger partial charge in [-0.3, -0.25) is 0 Å². The summed E-state index contributed by atoms with van der Waals surface area (Å²) in [4.78, 5) is 0. The molecule has 4 heteroatoms. The molecule has 0 bridgehead atoms. The summed E-state index contributed by atoms with van der Waals surface area (Å²) in [5, 5.41) is 4.51. The molecular formula is C30H30OSi3. The van der Waals surface area contributed by atoms with Crippen molar-refractivity contribution in [2.24, 2.45) is 0 Å². The summed E-state index contributed by atoms with van der Waals surface area (Å²) in [6.45, 7) is 9.17. The standard InChI is InChI=1S/C30H30OSi3/c1-22-20-30(25(4)24(3)23(22)2)32-21-29(26-14-8-5-9-15-26)31-33(27-16-10-6-11-17-27)34(32)28-18-12-7-13-19-28/h5-21,33H,1-4H3. The van der Waals surface area contributed by atoms with Crippen LogP contribution in [0, 0.1) is 27.7 Å². The zero-order chi connectivity index (χ0) is 23.7. The summed E-state index contributed by atoms with van der Waals surface area (Å²) in [5.41, 5.74) is 9.50. The summed E-state index contributed by atoms with van der Waals surface area (Å²) in [5.74, 6) is 1.09. The van der Waals surface area contributed by atoms with Crippen LogP contribution in [0.5, 0.6) is 0 Å². The monoisotopic (exact) mass is 490 g/mol. The zero-order valence-electron chi connectivity index (χ0n) is 20.3. The maximum atomic E-state index is 7.07. The number of aryl methyl sites for hydroxylation is 1. The molecule has 1 heterocycles. The van der Waals surface area contributed by atoms with Gasteiger partial charge in [0.2, 0.25) is 0 Å². The molecule has 0 aliphatic carbocycles. The van der Waals surface area contributed by atoms with Crippen LogP contribution in [0.3, 0.4) is 0 Å². The molecule has 1 aliphatic heterocycles. The van der Waals surface area contributed by atoms with Gasteiger partial charge in [0.25, 0.3) is 8.56 Å². The molecule has 4 aromatic carbocycles. The maximum Gasteiger partial charge on any atom is 0.270 e. The minimum atomic E-state index is -1.77. The van der Waals surface area contributed by atoms with E-state index in [1.807, 2.05) is 0 Å². The first-order valence-corrected chi connectivity index (χ1v) is 18.8. The normalized spacial score (nSPS) is 15.6. The Morgan fingerprint density at radius 1 is 0.647 bits per heavy atom. The molecule has 4 aromatic rings. The van der Waals surface area contributed by atoms with Crippen LogP contribution in [0.25, 0.3) is 5.76 Å². The van der Waals surface area contributed by atoms with Gasteiger partial charge in [-0.1, -0.05) is 97.1 Å². The van der Waals surface area contributed by atoms with E-state index in [4.69, 9.17) is 4.43 Å². The Bertz CT molecular complexity index is 1390. The molecule has 0 amide bonds. The second-order valence-corrected chi connectivity index (χ2v) is 22.1. The molecule has 0 aromatic heterocycles. The van der Waals surface area contributed by atoms with Crippen molar-refractivity contribution in [3.8, 4) is 0 Å². The summed E-state index contributed by atoms with van der Waals surface area (Å²) in [7, 11) is -3.76. The fourth-order valence-corrected chi connectivity index (χ4v) is 25.4. The molecule has 168 valence electrons. The molecule has 1 unspecified atom stereocenters. The molecule has 0 spiro atoms. The van der Waals surface area contributed by atoms with Crippen molar-refractivity contribution in [1.82, 2.24) is 0 Å². The first kappa shape index (κ1) is 22.8. The van der Waals surface area contributed by atoms with E-state index < -0.39 is 23.9 Å². The molecule has 5 rings (SSSR count). The van der Waals surface area contributed by atoms with Crippen LogP contribution in [0.15, 0.2) is 103 Å². The second kappa shape index (κ2) is 9.74. The highest BCUT2D eigenvalue weighted by Gasteiger charge is 2.33. The summed E-state index contributed by atoms with van der Waals surface area (Å²) in [6, 6.07) is 35.5. The van der Waals surface area contributed by atoms with Crippen LogP contribution in [0.4, 0.5) is 0 Å². The zero-order valence-corrected chi connectivity index (χ0v) is 23.5. The average molecular weight is 491 g/mol. The van der Waals surface area contributed by atoms with Crippen molar-refractivity contribution < 1.29 is 4.43 Å². The van der Waals surface area contributed by atoms with Crippen molar-refractivity contribution in [3.63, 3.8) is 0 Å². The van der Waals surface area contributed by atoms with Gasteiger partial charge in [0.1, 0.15) is 5.76 Å². The Labute approximate surface area is 207 Å². The predicted octanol–water partition coefficient (Wildman–Crippen LogP) is 4.42. The largest absolute Gasteiger partial charge is 0.542 e. The van der Waals surface area contributed by atoms with Crippen LogP contribution < -0.4 is 15.6 Å². The molecule has 0 N–H and O–H groups in total. The highest BCUT2D eigenvalue weighted by molar-refractivity contribution is 7.42. The van der Waals surface area contributed by atoms with Gasteiger partial charge in [-0.2, -0.15) is 0 Å². The van der Waals surface area contributed by atoms with Gasteiger partial charge in [0, 0.05) is 5.56 Å². The van der Waals surface area contributed by atoms with Gasteiger partial charge < -0.3 is 4.43 Å². The van der Waals surface area contributed by atoms with E-state index in [2.05, 4.69) is 130 Å². The van der Waals surface area contributed by atoms with Crippen LogP contribution >= 0.6 is 0 Å². The third kappa shape index (κ3) is 4.29. The van der Waals surface area contributed by atoms with E-state index in [9.17, 15) is 0 Å². The molecule has 0 saturated heterocycles. The van der Waals surface area contributed by atoms with Crippen molar-refractivity contribution in [2.75, 3.05) is 0 Å². The van der Waals surface area contributed by atoms with E-state index in [0.29, 0.717) is 0 Å². The lowest BCUT2D eigenvalue weighted by atomic mass is 10.00. The number of hydrogen-bond donors (Lipinski definition) is 0. The SMILES string of the molecule is Cc1cc([Si]2=[Si](c3ccccc3)[SiH](c3ccccc3)OC(c3ccccc3)=C2)c(C)c(C)c1C. The number of rotatable bonds is 4. The van der Waals surface area contributed by atoms with Crippen molar-refractivity contribution in [1.29, 1.82) is 0 Å². The molecule has 0 radical (unpaired) electrons. The van der Waals surface area contributed by atoms with E-state index in [1.54, 1.807) is 5.19 Å². The Morgan fingerprint density at radius 3 is 1.88 bits per heavy atom. The topological polar surface area (TPSA) is 9.23 Å². The van der Waals surface area contributed by atoms with Crippen molar-refractivity contribution in [3.05, 3.63) is 131 Å². The first-order valence-electron chi connectivity index (χ1n) is 11.9. The lowest BCUT2D eigenvalue weighted by Crippen LogP contribution is -2.57. The lowest BCUT2D eigenvalue weighted by Gasteiger charge is -2.30. The van der Waals surface area contributed by atoms with Crippen LogP contribution in [0.2, 0.25) is 0 Å². The van der Waals surface area contributed by atoms with Gasteiger partial charge in [-0.05, 0) is 71.2 Å². The van der Waals surface area contributed by atoms with E-state index in [1.165, 1.54) is 38.2 Å². The summed E-state index contributed by atoms with van der Waals surface area (Å²) in [6.07, 6.45) is 0. The van der Waals surface area contributed by atoms with Gasteiger partial charge in [0.15, 0.2) is 0 Å². The Kier molecular flexibility index (Phi) is 6.55.